The van der Waals surface area contributed by atoms with Crippen LogP contribution in [-0.2, 0) is 16.1 Å². The number of hydrogen-bond acceptors (Lipinski definition) is 6. The molecule has 0 saturated carbocycles. The molecule has 1 N–H and O–H groups in total. The van der Waals surface area contributed by atoms with Gasteiger partial charge < -0.3 is 10.1 Å². The lowest BCUT2D eigenvalue weighted by Gasteiger charge is -2.13. The molecule has 0 radical (unpaired) electrons. The average Bonchev–Trinajstić information content (AvgIpc) is 3.00. The average molecular weight is 349 g/mol. The molecule has 0 fully saturated rings. The maximum Gasteiger partial charge on any atom is 0.233 e. The van der Waals surface area contributed by atoms with Gasteiger partial charge in [-0.15, -0.1) is 10.2 Å². The normalized spacial score (nSPS) is 12.1. The molecule has 0 bridgehead atoms. The fourth-order valence-electron chi connectivity index (χ4n) is 2.08. The SMILES string of the molecule is CCCNC(=O)C(C)Sc1nnc(-c2ccncc2)n1CCOC. The second kappa shape index (κ2) is 9.39. The number of ether oxygens (including phenoxy) is 1. The third kappa shape index (κ3) is 4.78. The van der Waals surface area contributed by atoms with Crippen molar-refractivity contribution in [2.75, 3.05) is 20.3 Å². The second-order valence-corrected chi connectivity index (χ2v) is 6.55. The van der Waals surface area contributed by atoms with E-state index in [-0.39, 0.29) is 11.2 Å². The van der Waals surface area contributed by atoms with Gasteiger partial charge in [0.2, 0.25) is 5.91 Å². The zero-order valence-electron chi connectivity index (χ0n) is 14.2. The summed E-state index contributed by atoms with van der Waals surface area (Å²) in [5.41, 5.74) is 0.934. The van der Waals surface area contributed by atoms with Gasteiger partial charge in [-0.1, -0.05) is 18.7 Å². The number of pyridine rings is 1. The van der Waals surface area contributed by atoms with Crippen molar-refractivity contribution in [3.8, 4) is 11.4 Å². The molecule has 1 atom stereocenters. The molecule has 0 aliphatic rings. The highest BCUT2D eigenvalue weighted by Gasteiger charge is 2.20. The van der Waals surface area contributed by atoms with E-state index >= 15 is 0 Å². The van der Waals surface area contributed by atoms with E-state index in [2.05, 4.69) is 20.5 Å². The van der Waals surface area contributed by atoms with Gasteiger partial charge in [-0.25, -0.2) is 0 Å². The molecule has 2 rings (SSSR count). The minimum Gasteiger partial charge on any atom is -0.383 e. The monoisotopic (exact) mass is 349 g/mol. The first-order valence-corrected chi connectivity index (χ1v) is 8.82. The van der Waals surface area contributed by atoms with Crippen LogP contribution in [0.3, 0.4) is 0 Å². The lowest BCUT2D eigenvalue weighted by atomic mass is 10.2. The third-order valence-electron chi connectivity index (χ3n) is 3.38. The summed E-state index contributed by atoms with van der Waals surface area (Å²) in [7, 11) is 1.66. The maximum absolute atomic E-state index is 12.1. The standard InChI is InChI=1S/C16H23N5O2S/c1-4-7-18-15(22)12(2)24-16-20-19-14(21(16)10-11-23-3)13-5-8-17-9-6-13/h5-6,8-9,12H,4,7,10-11H2,1-3H3,(H,18,22). The van der Waals surface area contributed by atoms with Crippen LogP contribution in [0.1, 0.15) is 20.3 Å². The van der Waals surface area contributed by atoms with Gasteiger partial charge in [-0.3, -0.25) is 14.3 Å². The van der Waals surface area contributed by atoms with Gasteiger partial charge in [0.1, 0.15) is 0 Å². The number of aromatic nitrogens is 4. The summed E-state index contributed by atoms with van der Waals surface area (Å²) in [5, 5.41) is 11.9. The molecule has 1 unspecified atom stereocenters. The van der Waals surface area contributed by atoms with Gasteiger partial charge in [0, 0.05) is 31.6 Å². The van der Waals surface area contributed by atoms with Crippen molar-refractivity contribution >= 4 is 17.7 Å². The largest absolute Gasteiger partial charge is 0.383 e. The summed E-state index contributed by atoms with van der Waals surface area (Å²) in [5.74, 6) is 0.756. The number of methoxy groups -OCH3 is 1. The number of nitrogens with one attached hydrogen (secondary N) is 1. The van der Waals surface area contributed by atoms with Crippen LogP contribution in [0.25, 0.3) is 11.4 Å². The lowest BCUT2D eigenvalue weighted by Crippen LogP contribution is -2.31. The molecule has 24 heavy (non-hydrogen) atoms. The van der Waals surface area contributed by atoms with Crippen molar-refractivity contribution in [3.05, 3.63) is 24.5 Å². The highest BCUT2D eigenvalue weighted by atomic mass is 32.2. The predicted molar refractivity (Wildman–Crippen MR) is 93.7 cm³/mol. The molecule has 7 nitrogen and oxygen atoms in total. The zero-order valence-corrected chi connectivity index (χ0v) is 15.0. The van der Waals surface area contributed by atoms with Crippen LogP contribution >= 0.6 is 11.8 Å². The summed E-state index contributed by atoms with van der Waals surface area (Å²) < 4.78 is 7.17. The van der Waals surface area contributed by atoms with Crippen LogP contribution < -0.4 is 5.32 Å². The van der Waals surface area contributed by atoms with Gasteiger partial charge in [0.05, 0.1) is 18.4 Å². The Kier molecular flexibility index (Phi) is 7.20. The summed E-state index contributed by atoms with van der Waals surface area (Å²) in [6.07, 6.45) is 4.36. The van der Waals surface area contributed by atoms with Crippen molar-refractivity contribution in [2.24, 2.45) is 0 Å². The van der Waals surface area contributed by atoms with E-state index in [1.54, 1.807) is 19.5 Å². The summed E-state index contributed by atoms with van der Waals surface area (Å²) in [6.45, 7) is 5.74. The van der Waals surface area contributed by atoms with Crippen LogP contribution in [0.15, 0.2) is 29.7 Å². The molecule has 130 valence electrons. The first-order chi connectivity index (χ1) is 11.7. The molecule has 2 aromatic heterocycles. The fourth-order valence-corrected chi connectivity index (χ4v) is 2.98. The van der Waals surface area contributed by atoms with Gasteiger partial charge in [-0.05, 0) is 25.5 Å². The smallest absolute Gasteiger partial charge is 0.233 e. The van der Waals surface area contributed by atoms with E-state index in [1.807, 2.05) is 30.5 Å². The molecular formula is C16H23N5O2S. The Morgan fingerprint density at radius 2 is 2.12 bits per heavy atom. The van der Waals surface area contributed by atoms with Crippen LogP contribution in [-0.4, -0.2) is 51.2 Å². The van der Waals surface area contributed by atoms with Crippen molar-refractivity contribution < 1.29 is 9.53 Å². The predicted octanol–water partition coefficient (Wildman–Crippen LogP) is 1.99. The maximum atomic E-state index is 12.1. The Bertz CT molecular complexity index is 647. The van der Waals surface area contributed by atoms with E-state index in [1.165, 1.54) is 11.8 Å². The van der Waals surface area contributed by atoms with Crippen LogP contribution in [0, 0.1) is 0 Å². The van der Waals surface area contributed by atoms with Crippen molar-refractivity contribution in [1.82, 2.24) is 25.1 Å². The number of hydrogen-bond donors (Lipinski definition) is 1. The molecule has 0 aromatic carbocycles. The van der Waals surface area contributed by atoms with Crippen LogP contribution in [0.5, 0.6) is 0 Å². The van der Waals surface area contributed by atoms with Gasteiger partial charge in [0.15, 0.2) is 11.0 Å². The Morgan fingerprint density at radius 3 is 2.79 bits per heavy atom. The van der Waals surface area contributed by atoms with Gasteiger partial charge in [-0.2, -0.15) is 0 Å². The molecule has 8 heteroatoms. The highest BCUT2D eigenvalue weighted by molar-refractivity contribution is 8.00. The van der Waals surface area contributed by atoms with Gasteiger partial charge in [0.25, 0.3) is 0 Å². The molecule has 0 spiro atoms. The quantitative estimate of drug-likeness (QED) is 0.697. The first-order valence-electron chi connectivity index (χ1n) is 7.94. The Hall–Kier alpha value is -1.93. The third-order valence-corrected chi connectivity index (χ3v) is 4.46. The molecule has 0 aliphatic heterocycles. The summed E-state index contributed by atoms with van der Waals surface area (Å²) in [6, 6.07) is 3.78. The molecule has 0 saturated heterocycles. The number of nitrogens with zero attached hydrogens (tertiary/aromatic N) is 4. The Morgan fingerprint density at radius 1 is 1.38 bits per heavy atom. The number of thioether (sulfide) groups is 1. The molecule has 2 heterocycles. The topological polar surface area (TPSA) is 81.9 Å². The molecule has 1 amide bonds. The zero-order chi connectivity index (χ0) is 17.4. The van der Waals surface area contributed by atoms with Gasteiger partial charge >= 0.3 is 0 Å². The van der Waals surface area contributed by atoms with E-state index in [0.29, 0.717) is 24.9 Å². The van der Waals surface area contributed by atoms with E-state index in [4.69, 9.17) is 4.74 Å². The second-order valence-electron chi connectivity index (χ2n) is 5.24. The van der Waals surface area contributed by atoms with Crippen LogP contribution in [0.4, 0.5) is 0 Å². The fraction of sp³-hybridized carbons (Fsp3) is 0.500. The van der Waals surface area contributed by atoms with E-state index in [0.717, 1.165) is 17.8 Å². The van der Waals surface area contributed by atoms with Crippen molar-refractivity contribution in [2.45, 2.75) is 37.2 Å². The van der Waals surface area contributed by atoms with Crippen LogP contribution in [0.2, 0.25) is 0 Å². The number of carbonyl (C=O) groups excluding carboxylic acids is 1. The lowest BCUT2D eigenvalue weighted by molar-refractivity contribution is -0.120. The minimum atomic E-state index is -0.243. The van der Waals surface area contributed by atoms with Crippen molar-refractivity contribution in [3.63, 3.8) is 0 Å². The molecule has 0 aliphatic carbocycles. The number of amides is 1. The summed E-state index contributed by atoms with van der Waals surface area (Å²) in [4.78, 5) is 16.1. The molecular weight excluding hydrogens is 326 g/mol. The Labute approximate surface area is 146 Å². The number of rotatable bonds is 9. The van der Waals surface area contributed by atoms with Crippen molar-refractivity contribution in [1.29, 1.82) is 0 Å². The Balaban J connectivity index is 2.20. The van der Waals surface area contributed by atoms with E-state index < -0.39 is 0 Å². The van der Waals surface area contributed by atoms with E-state index in [9.17, 15) is 4.79 Å². The highest BCUT2D eigenvalue weighted by Crippen LogP contribution is 2.26. The minimum absolute atomic E-state index is 0.00797. The number of carbonyl (C=O) groups is 1. The summed E-state index contributed by atoms with van der Waals surface area (Å²) >= 11 is 1.40. The molecule has 2 aromatic rings. The first kappa shape index (κ1) is 18.4.